The molecule has 8 nitrogen and oxygen atoms in total. The maximum atomic E-state index is 13.4. The fourth-order valence-corrected chi connectivity index (χ4v) is 3.12. The molecule has 3 atom stereocenters. The molecule has 0 radical (unpaired) electrons. The van der Waals surface area contributed by atoms with E-state index in [1.54, 1.807) is 19.1 Å². The highest BCUT2D eigenvalue weighted by Gasteiger charge is 2.51. The smallest absolute Gasteiger partial charge is 0.366 e. The first kappa shape index (κ1) is 19.2. The number of esters is 1. The number of nitrogens with one attached hydrogen (secondary N) is 1. The monoisotopic (exact) mass is 380 g/mol. The van der Waals surface area contributed by atoms with Gasteiger partial charge in [-0.05, 0) is 19.1 Å². The summed E-state index contributed by atoms with van der Waals surface area (Å²) in [7, 11) is 2.57. The van der Waals surface area contributed by atoms with Gasteiger partial charge in [0.1, 0.15) is 5.82 Å². The molecule has 9 heteroatoms. The van der Waals surface area contributed by atoms with Crippen molar-refractivity contribution in [2.45, 2.75) is 37.2 Å². The van der Waals surface area contributed by atoms with Gasteiger partial charge in [0.25, 0.3) is 11.7 Å². The summed E-state index contributed by atoms with van der Waals surface area (Å²) in [4.78, 5) is 30.0. The number of rotatable bonds is 5. The van der Waals surface area contributed by atoms with Crippen molar-refractivity contribution in [3.8, 4) is 0 Å². The van der Waals surface area contributed by atoms with Crippen LogP contribution < -0.4 is 5.32 Å². The van der Waals surface area contributed by atoms with Crippen LogP contribution in [0.25, 0.3) is 0 Å². The molecule has 146 valence electrons. The van der Waals surface area contributed by atoms with Crippen molar-refractivity contribution in [2.24, 2.45) is 5.16 Å². The van der Waals surface area contributed by atoms with Crippen LogP contribution in [0, 0.1) is 5.82 Å². The topological polar surface area (TPSA) is 95.5 Å². The van der Waals surface area contributed by atoms with E-state index >= 15 is 0 Å². The number of carbonyl (C=O) groups is 2. The van der Waals surface area contributed by atoms with Crippen molar-refractivity contribution in [3.63, 3.8) is 0 Å². The van der Waals surface area contributed by atoms with Crippen molar-refractivity contribution >= 4 is 17.6 Å². The Morgan fingerprint density at radius 3 is 2.81 bits per heavy atom. The highest BCUT2D eigenvalue weighted by atomic mass is 19.1. The second-order valence-electron chi connectivity index (χ2n) is 6.68. The minimum absolute atomic E-state index is 0.0857. The van der Waals surface area contributed by atoms with Crippen LogP contribution >= 0.6 is 0 Å². The molecule has 27 heavy (non-hydrogen) atoms. The number of nitrogens with zero attached hydrogens (tertiary/aromatic N) is 1. The van der Waals surface area contributed by atoms with E-state index in [1.165, 1.54) is 26.4 Å². The molecule has 0 bridgehead atoms. The molecule has 2 heterocycles. The fourth-order valence-electron chi connectivity index (χ4n) is 3.12. The molecular formula is C18H21FN2O6. The van der Waals surface area contributed by atoms with Crippen molar-refractivity contribution in [1.29, 1.82) is 0 Å². The van der Waals surface area contributed by atoms with E-state index in [9.17, 15) is 14.0 Å². The normalized spacial score (nSPS) is 29.8. The summed E-state index contributed by atoms with van der Waals surface area (Å²) < 4.78 is 28.7. The SMILES string of the molecule is COC(=O)C1(OC)CC(NC(=O)C2(C)CC(c3cccc(F)c3)=NO2)CO1. The molecule has 3 rings (SSSR count). The number of carbonyl (C=O) groups excluding carboxylic acids is 2. The number of hydrogen-bond donors (Lipinski definition) is 1. The van der Waals surface area contributed by atoms with E-state index in [-0.39, 0.29) is 19.4 Å². The Balaban J connectivity index is 1.63. The van der Waals surface area contributed by atoms with Gasteiger partial charge in [-0.2, -0.15) is 0 Å². The lowest BCUT2D eigenvalue weighted by molar-refractivity contribution is -0.220. The van der Waals surface area contributed by atoms with Crippen LogP contribution in [-0.2, 0) is 28.6 Å². The van der Waals surface area contributed by atoms with E-state index in [1.807, 2.05) is 0 Å². The zero-order valence-corrected chi connectivity index (χ0v) is 15.3. The summed E-state index contributed by atoms with van der Waals surface area (Å²) in [6.45, 7) is 1.68. The summed E-state index contributed by atoms with van der Waals surface area (Å²) in [6, 6.07) is 5.46. The van der Waals surface area contributed by atoms with Crippen molar-refractivity contribution in [2.75, 3.05) is 20.8 Å². The van der Waals surface area contributed by atoms with Crippen LogP contribution in [0.5, 0.6) is 0 Å². The highest BCUT2D eigenvalue weighted by Crippen LogP contribution is 2.31. The number of halogens is 1. The largest absolute Gasteiger partial charge is 0.465 e. The van der Waals surface area contributed by atoms with E-state index < -0.39 is 35.1 Å². The molecule has 1 N–H and O–H groups in total. The lowest BCUT2D eigenvalue weighted by Crippen LogP contribution is -2.50. The lowest BCUT2D eigenvalue weighted by atomic mass is 9.94. The van der Waals surface area contributed by atoms with Crippen molar-refractivity contribution in [3.05, 3.63) is 35.6 Å². The van der Waals surface area contributed by atoms with Gasteiger partial charge in [0, 0.05) is 25.5 Å². The number of benzene rings is 1. The predicted molar refractivity (Wildman–Crippen MR) is 91.3 cm³/mol. The first-order chi connectivity index (χ1) is 12.8. The fraction of sp³-hybridized carbons (Fsp3) is 0.500. The van der Waals surface area contributed by atoms with E-state index in [0.29, 0.717) is 11.3 Å². The third-order valence-corrected chi connectivity index (χ3v) is 4.69. The van der Waals surface area contributed by atoms with Gasteiger partial charge in [-0.1, -0.05) is 17.3 Å². The standard InChI is InChI=1S/C18H21FN2O6/c1-17(9-14(21-27-17)11-5-4-6-12(19)7-11)15(22)20-13-8-18(25-3,26-10-13)16(23)24-2/h4-7,13H,8-10H2,1-3H3,(H,20,22). The number of ether oxygens (including phenoxy) is 3. The Morgan fingerprint density at radius 2 is 2.15 bits per heavy atom. The molecule has 3 unspecified atom stereocenters. The highest BCUT2D eigenvalue weighted by molar-refractivity contribution is 6.05. The van der Waals surface area contributed by atoms with Gasteiger partial charge < -0.3 is 24.4 Å². The Bertz CT molecular complexity index is 785. The number of oxime groups is 1. The van der Waals surface area contributed by atoms with Gasteiger partial charge in [-0.25, -0.2) is 9.18 Å². The third kappa shape index (κ3) is 3.65. The van der Waals surface area contributed by atoms with Gasteiger partial charge in [0.05, 0.1) is 25.5 Å². The van der Waals surface area contributed by atoms with Gasteiger partial charge in [-0.15, -0.1) is 0 Å². The molecule has 1 fully saturated rings. The molecule has 1 aromatic carbocycles. The maximum Gasteiger partial charge on any atom is 0.366 e. The molecule has 2 aliphatic rings. The zero-order valence-electron chi connectivity index (χ0n) is 15.3. The van der Waals surface area contributed by atoms with E-state index in [4.69, 9.17) is 19.0 Å². The molecule has 0 aromatic heterocycles. The quantitative estimate of drug-likeness (QED) is 0.770. The second kappa shape index (κ2) is 7.24. The molecule has 0 spiro atoms. The Labute approximate surface area is 155 Å². The molecule has 2 aliphatic heterocycles. The molecule has 1 saturated heterocycles. The minimum atomic E-state index is -1.53. The zero-order chi connectivity index (χ0) is 19.7. The average molecular weight is 380 g/mol. The molecule has 1 amide bonds. The number of amides is 1. The van der Waals surface area contributed by atoms with Gasteiger partial charge in [-0.3, -0.25) is 4.79 Å². The van der Waals surface area contributed by atoms with Crippen LogP contribution in [0.2, 0.25) is 0 Å². The maximum absolute atomic E-state index is 13.4. The summed E-state index contributed by atoms with van der Waals surface area (Å²) in [6.07, 6.45) is 0.290. The van der Waals surface area contributed by atoms with Crippen LogP contribution in [0.3, 0.4) is 0 Å². The van der Waals surface area contributed by atoms with Gasteiger partial charge >= 0.3 is 5.97 Å². The molecule has 0 aliphatic carbocycles. The lowest BCUT2D eigenvalue weighted by Gasteiger charge is -2.24. The summed E-state index contributed by atoms with van der Waals surface area (Å²) in [5.74, 6) is -3.01. The molecule has 0 saturated carbocycles. The van der Waals surface area contributed by atoms with Gasteiger partial charge in [0.15, 0.2) is 0 Å². The van der Waals surface area contributed by atoms with Crippen LogP contribution in [-0.4, -0.2) is 55.8 Å². The van der Waals surface area contributed by atoms with Crippen LogP contribution in [0.1, 0.15) is 25.3 Å². The minimum Gasteiger partial charge on any atom is -0.465 e. The average Bonchev–Trinajstić information content (AvgIpc) is 3.26. The Kier molecular flexibility index (Phi) is 5.16. The third-order valence-electron chi connectivity index (χ3n) is 4.69. The van der Waals surface area contributed by atoms with E-state index in [0.717, 1.165) is 0 Å². The summed E-state index contributed by atoms with van der Waals surface area (Å²) in [5.41, 5.74) is -0.207. The van der Waals surface area contributed by atoms with E-state index in [2.05, 4.69) is 10.5 Å². The van der Waals surface area contributed by atoms with Gasteiger partial charge in [0.2, 0.25) is 5.60 Å². The summed E-state index contributed by atoms with van der Waals surface area (Å²) >= 11 is 0. The van der Waals surface area contributed by atoms with Crippen molar-refractivity contribution < 1.29 is 33.0 Å². The summed E-state index contributed by atoms with van der Waals surface area (Å²) in [5, 5.41) is 6.73. The number of hydrogen-bond acceptors (Lipinski definition) is 7. The number of methoxy groups -OCH3 is 2. The predicted octanol–water partition coefficient (Wildman–Crippen LogP) is 1.13. The first-order valence-electron chi connectivity index (χ1n) is 8.41. The van der Waals surface area contributed by atoms with Crippen molar-refractivity contribution in [1.82, 2.24) is 5.32 Å². The molecule has 1 aromatic rings. The van der Waals surface area contributed by atoms with Crippen LogP contribution in [0.15, 0.2) is 29.4 Å². The molecular weight excluding hydrogens is 359 g/mol. The van der Waals surface area contributed by atoms with Crippen LogP contribution in [0.4, 0.5) is 4.39 Å². The first-order valence-corrected chi connectivity index (χ1v) is 8.41. The second-order valence-corrected chi connectivity index (χ2v) is 6.68. The Morgan fingerprint density at radius 1 is 1.37 bits per heavy atom. The Hall–Kier alpha value is -2.52.